The molecule has 0 aliphatic carbocycles. The number of anilines is 1. The van der Waals surface area contributed by atoms with Crippen molar-refractivity contribution in [3.63, 3.8) is 0 Å². The maximum atomic E-state index is 12.4. The number of hydrazone groups is 1. The van der Waals surface area contributed by atoms with Crippen molar-refractivity contribution in [3.05, 3.63) is 88.4 Å². The molecule has 8 heteroatoms. The van der Waals surface area contributed by atoms with Crippen molar-refractivity contribution in [2.45, 2.75) is 0 Å². The monoisotopic (exact) mass is 423 g/mol. The number of para-hydroxylation sites is 1. The van der Waals surface area contributed by atoms with Gasteiger partial charge < -0.3 is 15.2 Å². The van der Waals surface area contributed by atoms with Crippen LogP contribution in [0, 0.1) is 0 Å². The Morgan fingerprint density at radius 3 is 2.57 bits per heavy atom. The predicted molar refractivity (Wildman–Crippen MR) is 116 cm³/mol. The maximum Gasteiger partial charge on any atom is 0.271 e. The molecule has 0 saturated heterocycles. The zero-order valence-corrected chi connectivity index (χ0v) is 16.7. The zero-order chi connectivity index (χ0) is 21.5. The molecule has 0 fully saturated rings. The van der Waals surface area contributed by atoms with E-state index in [9.17, 15) is 14.7 Å². The quantitative estimate of drug-likeness (QED) is 0.411. The lowest BCUT2D eigenvalue weighted by Crippen LogP contribution is -2.18. The van der Waals surface area contributed by atoms with E-state index in [1.165, 1.54) is 19.4 Å². The minimum atomic E-state index is -0.484. The number of nitrogens with one attached hydrogen (secondary N) is 2. The van der Waals surface area contributed by atoms with E-state index in [1.807, 2.05) is 0 Å². The van der Waals surface area contributed by atoms with Gasteiger partial charge in [0.1, 0.15) is 0 Å². The Bertz CT molecular complexity index is 1120. The summed E-state index contributed by atoms with van der Waals surface area (Å²) < 4.78 is 5.02. The van der Waals surface area contributed by atoms with Crippen molar-refractivity contribution < 1.29 is 19.4 Å². The number of phenols is 1. The van der Waals surface area contributed by atoms with Gasteiger partial charge in [-0.25, -0.2) is 5.43 Å². The molecule has 0 atom stereocenters. The second-order valence-corrected chi connectivity index (χ2v) is 6.52. The number of carbonyl (C=O) groups excluding carboxylic acids is 2. The molecule has 0 heterocycles. The molecule has 0 radical (unpaired) electrons. The number of methoxy groups -OCH3 is 1. The average molecular weight is 424 g/mol. The Balaban J connectivity index is 1.68. The van der Waals surface area contributed by atoms with E-state index >= 15 is 0 Å². The predicted octanol–water partition coefficient (Wildman–Crippen LogP) is 4.07. The summed E-state index contributed by atoms with van der Waals surface area (Å²) in [5.41, 5.74) is 3.82. The van der Waals surface area contributed by atoms with Gasteiger partial charge in [0.25, 0.3) is 11.8 Å². The standard InChI is InChI=1S/C22H18ClN3O4/c1-30-19-11-5-7-15(20(19)27)13-24-26-21(28)14-6-4-8-16(12-14)25-22(29)17-9-2-3-10-18(17)23/h2-13,27H,1H3,(H,25,29)(H,26,28)/b24-13+. The number of amides is 2. The van der Waals surface area contributed by atoms with Crippen molar-refractivity contribution in [1.82, 2.24) is 5.43 Å². The van der Waals surface area contributed by atoms with Crippen LogP contribution in [0.4, 0.5) is 5.69 Å². The van der Waals surface area contributed by atoms with Crippen LogP contribution in [0.25, 0.3) is 0 Å². The van der Waals surface area contributed by atoms with Gasteiger partial charge in [-0.2, -0.15) is 5.10 Å². The number of carbonyl (C=O) groups is 2. The van der Waals surface area contributed by atoms with Crippen LogP contribution in [-0.4, -0.2) is 30.2 Å². The van der Waals surface area contributed by atoms with Gasteiger partial charge >= 0.3 is 0 Å². The number of nitrogens with zero attached hydrogens (tertiary/aromatic N) is 1. The number of phenolic OH excluding ortho intramolecular Hbond substituents is 1. The third kappa shape index (κ3) is 4.95. The van der Waals surface area contributed by atoms with Crippen molar-refractivity contribution in [3.8, 4) is 11.5 Å². The van der Waals surface area contributed by atoms with Crippen molar-refractivity contribution in [1.29, 1.82) is 0 Å². The highest BCUT2D eigenvalue weighted by Gasteiger charge is 2.11. The van der Waals surface area contributed by atoms with Gasteiger partial charge in [0.15, 0.2) is 11.5 Å². The lowest BCUT2D eigenvalue weighted by molar-refractivity contribution is 0.0953. The molecule has 152 valence electrons. The molecular weight excluding hydrogens is 406 g/mol. The Kier molecular flexibility index (Phi) is 6.67. The van der Waals surface area contributed by atoms with E-state index < -0.39 is 5.91 Å². The van der Waals surface area contributed by atoms with Gasteiger partial charge in [0.05, 0.1) is 23.9 Å². The van der Waals surface area contributed by atoms with Crippen LogP contribution in [-0.2, 0) is 0 Å². The molecule has 3 aromatic rings. The number of ether oxygens (including phenoxy) is 1. The summed E-state index contributed by atoms with van der Waals surface area (Å²) in [6.07, 6.45) is 1.30. The molecule has 0 aromatic heterocycles. The number of benzene rings is 3. The third-order valence-electron chi connectivity index (χ3n) is 4.12. The minimum Gasteiger partial charge on any atom is -0.504 e. The molecule has 0 aliphatic heterocycles. The minimum absolute atomic E-state index is 0.0812. The molecule has 3 rings (SSSR count). The van der Waals surface area contributed by atoms with Crippen LogP contribution >= 0.6 is 11.6 Å². The van der Waals surface area contributed by atoms with Crippen molar-refractivity contribution >= 4 is 35.3 Å². The van der Waals surface area contributed by atoms with Crippen LogP contribution in [0.3, 0.4) is 0 Å². The van der Waals surface area contributed by atoms with Gasteiger partial charge in [0, 0.05) is 16.8 Å². The number of hydrogen-bond donors (Lipinski definition) is 3. The Labute approximate surface area is 178 Å². The molecule has 3 aromatic carbocycles. The first kappa shape index (κ1) is 20.9. The molecule has 0 saturated carbocycles. The molecular formula is C22H18ClN3O4. The molecule has 2 amide bonds. The second kappa shape index (κ2) is 9.58. The lowest BCUT2D eigenvalue weighted by Gasteiger charge is -2.08. The van der Waals surface area contributed by atoms with Crippen molar-refractivity contribution in [2.24, 2.45) is 5.10 Å². The van der Waals surface area contributed by atoms with Crippen LogP contribution in [0.15, 0.2) is 71.8 Å². The fourth-order valence-electron chi connectivity index (χ4n) is 2.62. The number of halogens is 1. The molecule has 7 nitrogen and oxygen atoms in total. The molecule has 3 N–H and O–H groups in total. The molecule has 0 unspecified atom stereocenters. The highest BCUT2D eigenvalue weighted by Crippen LogP contribution is 2.27. The van der Waals surface area contributed by atoms with E-state index in [1.54, 1.807) is 60.7 Å². The molecule has 0 spiro atoms. The van der Waals surface area contributed by atoms with E-state index in [-0.39, 0.29) is 11.7 Å². The first-order valence-corrected chi connectivity index (χ1v) is 9.22. The fraction of sp³-hybridized carbons (Fsp3) is 0.0455. The summed E-state index contributed by atoms with van der Waals surface area (Å²) >= 11 is 6.04. The summed E-state index contributed by atoms with van der Waals surface area (Å²) in [5, 5.41) is 16.9. The molecule has 30 heavy (non-hydrogen) atoms. The van der Waals surface area contributed by atoms with Crippen LogP contribution < -0.4 is 15.5 Å². The van der Waals surface area contributed by atoms with E-state index in [0.717, 1.165) is 0 Å². The normalized spacial score (nSPS) is 10.6. The van der Waals surface area contributed by atoms with E-state index in [0.29, 0.717) is 33.1 Å². The highest BCUT2D eigenvalue weighted by molar-refractivity contribution is 6.34. The Hall–Kier alpha value is -3.84. The first-order chi connectivity index (χ1) is 14.5. The van der Waals surface area contributed by atoms with Gasteiger partial charge in [0.2, 0.25) is 0 Å². The van der Waals surface area contributed by atoms with E-state index in [4.69, 9.17) is 16.3 Å². The second-order valence-electron chi connectivity index (χ2n) is 6.11. The summed E-state index contributed by atoms with van der Waals surface area (Å²) in [6, 6.07) is 18.0. The highest BCUT2D eigenvalue weighted by atomic mass is 35.5. The Morgan fingerprint density at radius 1 is 1.03 bits per heavy atom. The summed E-state index contributed by atoms with van der Waals surface area (Å²) in [5.74, 6) is -0.651. The van der Waals surface area contributed by atoms with Crippen molar-refractivity contribution in [2.75, 3.05) is 12.4 Å². The van der Waals surface area contributed by atoms with Gasteiger partial charge in [-0.05, 0) is 42.5 Å². The van der Waals surface area contributed by atoms with Gasteiger partial charge in [-0.15, -0.1) is 0 Å². The summed E-state index contributed by atoms with van der Waals surface area (Å²) in [6.45, 7) is 0. The Morgan fingerprint density at radius 2 is 1.80 bits per heavy atom. The van der Waals surface area contributed by atoms with Crippen LogP contribution in [0.2, 0.25) is 5.02 Å². The van der Waals surface area contributed by atoms with Gasteiger partial charge in [-0.1, -0.05) is 35.9 Å². The van der Waals surface area contributed by atoms with Crippen LogP contribution in [0.5, 0.6) is 11.5 Å². The lowest BCUT2D eigenvalue weighted by atomic mass is 10.1. The molecule has 0 bridgehead atoms. The number of hydrogen-bond acceptors (Lipinski definition) is 5. The third-order valence-corrected chi connectivity index (χ3v) is 4.45. The fourth-order valence-corrected chi connectivity index (χ4v) is 2.84. The topological polar surface area (TPSA) is 100 Å². The largest absolute Gasteiger partial charge is 0.504 e. The van der Waals surface area contributed by atoms with E-state index in [2.05, 4.69) is 15.8 Å². The van der Waals surface area contributed by atoms with Gasteiger partial charge in [-0.3, -0.25) is 9.59 Å². The summed E-state index contributed by atoms with van der Waals surface area (Å²) in [4.78, 5) is 24.7. The SMILES string of the molecule is COc1cccc(/C=N/NC(=O)c2cccc(NC(=O)c3ccccc3Cl)c2)c1O. The molecule has 0 aliphatic rings. The number of aromatic hydroxyl groups is 1. The average Bonchev–Trinajstić information content (AvgIpc) is 2.75. The zero-order valence-electron chi connectivity index (χ0n) is 15.9. The summed E-state index contributed by atoms with van der Waals surface area (Å²) in [7, 11) is 1.44. The smallest absolute Gasteiger partial charge is 0.271 e. The maximum absolute atomic E-state index is 12.4. The van der Waals surface area contributed by atoms with Crippen LogP contribution in [0.1, 0.15) is 26.3 Å². The first-order valence-electron chi connectivity index (χ1n) is 8.85. The number of rotatable bonds is 6.